The van der Waals surface area contributed by atoms with Crippen LogP contribution in [-0.2, 0) is 12.8 Å². The SMILES string of the molecule is NCCc1cc(=O)[nH]c(CCOc2cccc(Cl)c2)n1. The number of nitrogens with one attached hydrogen (secondary N) is 1. The lowest BCUT2D eigenvalue weighted by molar-refractivity contribution is 0.318. The Balaban J connectivity index is 1.95. The molecule has 3 N–H and O–H groups in total. The van der Waals surface area contributed by atoms with Gasteiger partial charge in [-0.25, -0.2) is 4.98 Å². The fourth-order valence-corrected chi connectivity index (χ4v) is 1.96. The van der Waals surface area contributed by atoms with E-state index in [9.17, 15) is 4.79 Å². The van der Waals surface area contributed by atoms with E-state index in [0.29, 0.717) is 48.3 Å². The molecular weight excluding hydrogens is 278 g/mol. The Morgan fingerprint density at radius 2 is 2.15 bits per heavy atom. The van der Waals surface area contributed by atoms with Crippen LogP contribution in [-0.4, -0.2) is 23.1 Å². The topological polar surface area (TPSA) is 81.0 Å². The van der Waals surface area contributed by atoms with Crippen LogP contribution in [0.1, 0.15) is 11.5 Å². The molecule has 0 spiro atoms. The summed E-state index contributed by atoms with van der Waals surface area (Å²) in [6.07, 6.45) is 1.10. The van der Waals surface area contributed by atoms with E-state index in [4.69, 9.17) is 22.1 Å². The maximum Gasteiger partial charge on any atom is 0.251 e. The maximum absolute atomic E-state index is 11.5. The zero-order valence-electron chi connectivity index (χ0n) is 10.9. The summed E-state index contributed by atoms with van der Waals surface area (Å²) < 4.78 is 5.56. The lowest BCUT2D eigenvalue weighted by Gasteiger charge is -2.07. The number of nitrogens with zero attached hydrogens (tertiary/aromatic N) is 1. The number of rotatable bonds is 6. The van der Waals surface area contributed by atoms with Gasteiger partial charge in [-0.05, 0) is 24.7 Å². The second kappa shape index (κ2) is 7.07. The van der Waals surface area contributed by atoms with Crippen LogP contribution in [0.3, 0.4) is 0 Å². The summed E-state index contributed by atoms with van der Waals surface area (Å²) >= 11 is 5.87. The highest BCUT2D eigenvalue weighted by Gasteiger charge is 2.02. The van der Waals surface area contributed by atoms with E-state index in [1.165, 1.54) is 6.07 Å². The molecule has 0 amide bonds. The molecule has 0 bridgehead atoms. The highest BCUT2D eigenvalue weighted by molar-refractivity contribution is 6.30. The molecule has 1 aromatic carbocycles. The van der Waals surface area contributed by atoms with Gasteiger partial charge in [0.25, 0.3) is 5.56 Å². The first-order valence-corrected chi connectivity index (χ1v) is 6.73. The molecule has 0 fully saturated rings. The van der Waals surface area contributed by atoms with Crippen LogP contribution in [0.5, 0.6) is 5.75 Å². The van der Waals surface area contributed by atoms with Crippen molar-refractivity contribution in [2.45, 2.75) is 12.8 Å². The van der Waals surface area contributed by atoms with Crippen molar-refractivity contribution in [1.82, 2.24) is 9.97 Å². The lowest BCUT2D eigenvalue weighted by atomic mass is 10.3. The number of hydrogen-bond donors (Lipinski definition) is 2. The molecular formula is C14H16ClN3O2. The van der Waals surface area contributed by atoms with E-state index >= 15 is 0 Å². The van der Waals surface area contributed by atoms with Gasteiger partial charge < -0.3 is 15.5 Å². The second-order valence-electron chi connectivity index (χ2n) is 4.28. The first-order valence-electron chi connectivity index (χ1n) is 6.35. The van der Waals surface area contributed by atoms with Gasteiger partial charge in [0.1, 0.15) is 11.6 Å². The van der Waals surface area contributed by atoms with Crippen LogP contribution < -0.4 is 16.0 Å². The third kappa shape index (κ3) is 4.36. The van der Waals surface area contributed by atoms with Crippen LogP contribution in [0.25, 0.3) is 0 Å². The number of aromatic nitrogens is 2. The van der Waals surface area contributed by atoms with Crippen molar-refractivity contribution in [1.29, 1.82) is 0 Å². The zero-order chi connectivity index (χ0) is 14.4. The first-order chi connectivity index (χ1) is 9.67. The molecule has 6 heteroatoms. The lowest BCUT2D eigenvalue weighted by Crippen LogP contribution is -2.16. The molecule has 0 atom stereocenters. The number of halogens is 1. The zero-order valence-corrected chi connectivity index (χ0v) is 11.7. The number of benzene rings is 1. The molecule has 0 saturated heterocycles. The van der Waals surface area contributed by atoms with Crippen LogP contribution in [0.4, 0.5) is 0 Å². The fraction of sp³-hybridized carbons (Fsp3) is 0.286. The van der Waals surface area contributed by atoms with Crippen molar-refractivity contribution in [3.63, 3.8) is 0 Å². The van der Waals surface area contributed by atoms with Crippen molar-refractivity contribution >= 4 is 11.6 Å². The Morgan fingerprint density at radius 1 is 1.30 bits per heavy atom. The van der Waals surface area contributed by atoms with Crippen LogP contribution in [0.15, 0.2) is 35.1 Å². The first kappa shape index (κ1) is 14.6. The summed E-state index contributed by atoms with van der Waals surface area (Å²) in [5, 5.41) is 0.624. The van der Waals surface area contributed by atoms with Gasteiger partial charge in [0, 0.05) is 29.6 Å². The minimum absolute atomic E-state index is 0.166. The molecule has 1 aromatic heterocycles. The summed E-state index contributed by atoms with van der Waals surface area (Å²) in [6, 6.07) is 8.63. The number of nitrogens with two attached hydrogens (primary N) is 1. The van der Waals surface area contributed by atoms with E-state index in [1.807, 2.05) is 12.1 Å². The van der Waals surface area contributed by atoms with Crippen molar-refractivity contribution in [3.8, 4) is 5.75 Å². The molecule has 0 aliphatic heterocycles. The van der Waals surface area contributed by atoms with Gasteiger partial charge in [-0.2, -0.15) is 0 Å². The minimum atomic E-state index is -0.166. The molecule has 20 heavy (non-hydrogen) atoms. The molecule has 2 rings (SSSR count). The Kier molecular flexibility index (Phi) is 5.15. The fourth-order valence-electron chi connectivity index (χ4n) is 1.78. The summed E-state index contributed by atoms with van der Waals surface area (Å²) in [4.78, 5) is 18.5. The average Bonchev–Trinajstić information content (AvgIpc) is 2.38. The highest BCUT2D eigenvalue weighted by atomic mass is 35.5. The van der Waals surface area contributed by atoms with Crippen molar-refractivity contribution in [3.05, 3.63) is 57.2 Å². The minimum Gasteiger partial charge on any atom is -0.493 e. The molecule has 5 nitrogen and oxygen atoms in total. The van der Waals surface area contributed by atoms with E-state index < -0.39 is 0 Å². The number of hydrogen-bond acceptors (Lipinski definition) is 4. The Labute approximate surface area is 121 Å². The summed E-state index contributed by atoms with van der Waals surface area (Å²) in [6.45, 7) is 0.879. The quantitative estimate of drug-likeness (QED) is 0.846. The standard InChI is InChI=1S/C14H16ClN3O2/c15-10-2-1-3-12(8-10)20-7-5-13-17-11(4-6-16)9-14(19)18-13/h1-3,8-9H,4-7,16H2,(H,17,18,19). The Morgan fingerprint density at radius 3 is 2.90 bits per heavy atom. The number of aromatic amines is 1. The van der Waals surface area contributed by atoms with Crippen LogP contribution in [0.2, 0.25) is 5.02 Å². The van der Waals surface area contributed by atoms with E-state index in [-0.39, 0.29) is 5.56 Å². The predicted octanol–water partition coefficient (Wildman–Crippen LogP) is 1.55. The van der Waals surface area contributed by atoms with Crippen LogP contribution >= 0.6 is 11.6 Å². The third-order valence-electron chi connectivity index (χ3n) is 2.65. The van der Waals surface area contributed by atoms with Gasteiger partial charge >= 0.3 is 0 Å². The van der Waals surface area contributed by atoms with Crippen molar-refractivity contribution < 1.29 is 4.74 Å². The second-order valence-corrected chi connectivity index (χ2v) is 4.71. The van der Waals surface area contributed by atoms with Gasteiger partial charge in [-0.3, -0.25) is 4.79 Å². The number of H-pyrrole nitrogens is 1. The van der Waals surface area contributed by atoms with Crippen molar-refractivity contribution in [2.24, 2.45) is 5.73 Å². The molecule has 0 aliphatic carbocycles. The van der Waals surface area contributed by atoms with E-state index in [2.05, 4.69) is 9.97 Å². The van der Waals surface area contributed by atoms with Gasteiger partial charge in [0.15, 0.2) is 0 Å². The molecule has 0 aliphatic rings. The predicted molar refractivity (Wildman–Crippen MR) is 78.3 cm³/mol. The third-order valence-corrected chi connectivity index (χ3v) is 2.88. The molecule has 0 radical (unpaired) electrons. The molecule has 2 aromatic rings. The number of ether oxygens (including phenoxy) is 1. The molecule has 1 heterocycles. The summed E-state index contributed by atoms with van der Waals surface area (Å²) in [5.74, 6) is 1.29. The normalized spacial score (nSPS) is 10.5. The Bertz CT molecular complexity index is 628. The largest absolute Gasteiger partial charge is 0.493 e. The maximum atomic E-state index is 11.5. The van der Waals surface area contributed by atoms with Crippen LogP contribution in [0, 0.1) is 0 Å². The van der Waals surface area contributed by atoms with Gasteiger partial charge in [-0.15, -0.1) is 0 Å². The summed E-state index contributed by atoms with van der Waals surface area (Å²) in [5.41, 5.74) is 6.00. The van der Waals surface area contributed by atoms with E-state index in [1.54, 1.807) is 12.1 Å². The monoisotopic (exact) mass is 293 g/mol. The molecule has 0 unspecified atom stereocenters. The molecule has 0 saturated carbocycles. The van der Waals surface area contributed by atoms with Gasteiger partial charge in [-0.1, -0.05) is 17.7 Å². The smallest absolute Gasteiger partial charge is 0.251 e. The van der Waals surface area contributed by atoms with Gasteiger partial charge in [0.05, 0.1) is 6.61 Å². The van der Waals surface area contributed by atoms with E-state index in [0.717, 1.165) is 0 Å². The molecule has 106 valence electrons. The average molecular weight is 294 g/mol. The van der Waals surface area contributed by atoms with Gasteiger partial charge in [0.2, 0.25) is 0 Å². The summed E-state index contributed by atoms with van der Waals surface area (Å²) in [7, 11) is 0. The Hall–Kier alpha value is -1.85. The highest BCUT2D eigenvalue weighted by Crippen LogP contribution is 2.17. The van der Waals surface area contributed by atoms with Crippen molar-refractivity contribution in [2.75, 3.05) is 13.2 Å².